The number of hydrogen-bond donors (Lipinski definition) is 0. The smallest absolute Gasteiger partial charge is 0.256 e. The topological polar surface area (TPSA) is 28.7 Å². The van der Waals surface area contributed by atoms with Gasteiger partial charge in [-0.05, 0) is 18.2 Å². The third-order valence-electron chi connectivity index (χ3n) is 2.27. The van der Waals surface area contributed by atoms with E-state index in [1.165, 1.54) is 4.57 Å². The van der Waals surface area contributed by atoms with E-state index in [1.807, 2.05) is 6.07 Å². The molecule has 2 aromatic rings. The van der Waals surface area contributed by atoms with Crippen LogP contribution in [0, 0.1) is 11.3 Å². The molecule has 2 nitrogen and oxygen atoms in total. The first kappa shape index (κ1) is 9.66. The molecule has 1 heterocycles. The number of aromatic nitrogens is 1. The van der Waals surface area contributed by atoms with E-state index in [-0.39, 0.29) is 6.54 Å². The monoisotopic (exact) mass is 206 g/mol. The number of nitrogens with zero attached hydrogens (tertiary/aromatic N) is 2. The Morgan fingerprint density at radius 3 is 2.80 bits per heavy atom. The number of halogens is 2. The molecule has 0 aliphatic carbocycles. The maximum absolute atomic E-state index is 12.2. The Hall–Kier alpha value is -1.89. The van der Waals surface area contributed by atoms with E-state index < -0.39 is 6.43 Å². The second-order valence-electron chi connectivity index (χ2n) is 3.21. The van der Waals surface area contributed by atoms with Crippen molar-refractivity contribution < 1.29 is 8.78 Å². The van der Waals surface area contributed by atoms with Gasteiger partial charge in [0.05, 0.1) is 18.2 Å². The van der Waals surface area contributed by atoms with Crippen molar-refractivity contribution >= 4 is 10.9 Å². The first-order valence-electron chi connectivity index (χ1n) is 4.48. The van der Waals surface area contributed by atoms with Crippen molar-refractivity contribution in [3.8, 4) is 6.07 Å². The number of rotatable bonds is 2. The maximum Gasteiger partial charge on any atom is 0.256 e. The number of hydrogen-bond acceptors (Lipinski definition) is 1. The standard InChI is InChI=1S/C11H8F2N2/c12-11(13)7-15-5-4-9-8(6-14)2-1-3-10(9)15/h1-5,11H,7H2. The summed E-state index contributed by atoms with van der Waals surface area (Å²) >= 11 is 0. The fourth-order valence-corrected chi connectivity index (χ4v) is 1.63. The summed E-state index contributed by atoms with van der Waals surface area (Å²) in [5.41, 5.74) is 1.19. The molecule has 0 N–H and O–H groups in total. The van der Waals surface area contributed by atoms with Gasteiger partial charge in [0.1, 0.15) is 0 Å². The Kier molecular flexibility index (Phi) is 2.38. The molecule has 0 radical (unpaired) electrons. The highest BCUT2D eigenvalue weighted by Gasteiger charge is 2.08. The summed E-state index contributed by atoms with van der Waals surface area (Å²) in [4.78, 5) is 0. The van der Waals surface area contributed by atoms with Gasteiger partial charge in [0.2, 0.25) is 0 Å². The summed E-state index contributed by atoms with van der Waals surface area (Å²) < 4.78 is 25.9. The molecule has 0 atom stereocenters. The molecular weight excluding hydrogens is 198 g/mol. The van der Waals surface area contributed by atoms with E-state index in [4.69, 9.17) is 5.26 Å². The minimum absolute atomic E-state index is 0.335. The molecule has 0 fully saturated rings. The number of alkyl halides is 2. The summed E-state index contributed by atoms with van der Waals surface area (Å²) in [5, 5.41) is 9.54. The summed E-state index contributed by atoms with van der Waals surface area (Å²) in [6.45, 7) is -0.335. The van der Waals surface area contributed by atoms with Crippen LogP contribution in [0.5, 0.6) is 0 Å². The molecule has 0 aliphatic heterocycles. The van der Waals surface area contributed by atoms with E-state index in [2.05, 4.69) is 0 Å². The highest BCUT2D eigenvalue weighted by atomic mass is 19.3. The van der Waals surface area contributed by atoms with Gasteiger partial charge in [0, 0.05) is 17.1 Å². The van der Waals surface area contributed by atoms with E-state index in [0.717, 1.165) is 5.39 Å². The Labute approximate surface area is 85.4 Å². The van der Waals surface area contributed by atoms with Crippen LogP contribution in [-0.4, -0.2) is 11.0 Å². The van der Waals surface area contributed by atoms with Gasteiger partial charge in [-0.1, -0.05) is 6.07 Å². The van der Waals surface area contributed by atoms with E-state index in [9.17, 15) is 8.78 Å². The second-order valence-corrected chi connectivity index (χ2v) is 3.21. The van der Waals surface area contributed by atoms with Crippen molar-refractivity contribution in [3.63, 3.8) is 0 Å². The predicted molar refractivity (Wildman–Crippen MR) is 52.7 cm³/mol. The zero-order valence-corrected chi connectivity index (χ0v) is 7.82. The molecule has 1 aromatic carbocycles. The maximum atomic E-state index is 12.2. The number of fused-ring (bicyclic) bond motifs is 1. The molecule has 0 aliphatic rings. The molecule has 2 rings (SSSR count). The normalized spacial score (nSPS) is 10.8. The molecular formula is C11H8F2N2. The Bertz CT molecular complexity index is 523. The molecule has 1 aromatic heterocycles. The minimum Gasteiger partial charge on any atom is -0.342 e. The van der Waals surface area contributed by atoms with Crippen molar-refractivity contribution in [1.29, 1.82) is 5.26 Å². The van der Waals surface area contributed by atoms with E-state index >= 15 is 0 Å². The summed E-state index contributed by atoms with van der Waals surface area (Å²) in [5.74, 6) is 0. The van der Waals surface area contributed by atoms with Gasteiger partial charge in [0.25, 0.3) is 6.43 Å². The zero-order chi connectivity index (χ0) is 10.8. The fourth-order valence-electron chi connectivity index (χ4n) is 1.63. The molecule has 0 amide bonds. The van der Waals surface area contributed by atoms with Crippen LogP contribution < -0.4 is 0 Å². The fraction of sp³-hybridized carbons (Fsp3) is 0.182. The zero-order valence-electron chi connectivity index (χ0n) is 7.82. The highest BCUT2D eigenvalue weighted by Crippen LogP contribution is 2.20. The lowest BCUT2D eigenvalue weighted by Crippen LogP contribution is -2.04. The summed E-state index contributed by atoms with van der Waals surface area (Å²) in [7, 11) is 0. The molecule has 0 spiro atoms. The third kappa shape index (κ3) is 1.68. The molecule has 0 bridgehead atoms. The van der Waals surface area contributed by atoms with Gasteiger partial charge in [-0.3, -0.25) is 0 Å². The SMILES string of the molecule is N#Cc1cccc2c1ccn2CC(F)F. The Morgan fingerprint density at radius 1 is 1.33 bits per heavy atom. The van der Waals surface area contributed by atoms with Gasteiger partial charge in [0.15, 0.2) is 0 Å². The molecule has 76 valence electrons. The van der Waals surface area contributed by atoms with Crippen LogP contribution in [0.1, 0.15) is 5.56 Å². The summed E-state index contributed by atoms with van der Waals surface area (Å²) in [6.07, 6.45) is -0.802. The molecule has 4 heteroatoms. The molecule has 0 saturated heterocycles. The minimum atomic E-state index is -2.38. The number of nitriles is 1. The lowest BCUT2D eigenvalue weighted by Gasteiger charge is -2.03. The largest absolute Gasteiger partial charge is 0.342 e. The third-order valence-corrected chi connectivity index (χ3v) is 2.27. The molecule has 0 saturated carbocycles. The van der Waals surface area contributed by atoms with Crippen LogP contribution in [0.25, 0.3) is 10.9 Å². The average molecular weight is 206 g/mol. The lowest BCUT2D eigenvalue weighted by molar-refractivity contribution is 0.128. The van der Waals surface area contributed by atoms with Gasteiger partial charge in [-0.2, -0.15) is 5.26 Å². The van der Waals surface area contributed by atoms with E-state index in [1.54, 1.807) is 30.5 Å². The first-order chi connectivity index (χ1) is 7.22. The Balaban J connectivity index is 2.57. The predicted octanol–water partition coefficient (Wildman–Crippen LogP) is 2.78. The van der Waals surface area contributed by atoms with Crippen LogP contribution >= 0.6 is 0 Å². The van der Waals surface area contributed by atoms with Crippen molar-refractivity contribution in [2.45, 2.75) is 13.0 Å². The molecule has 0 unspecified atom stereocenters. The van der Waals surface area contributed by atoms with Crippen LogP contribution in [-0.2, 0) is 6.54 Å². The lowest BCUT2D eigenvalue weighted by atomic mass is 10.1. The summed E-state index contributed by atoms with van der Waals surface area (Å²) in [6, 6.07) is 8.83. The number of benzene rings is 1. The van der Waals surface area contributed by atoms with Crippen LogP contribution in [0.15, 0.2) is 30.5 Å². The highest BCUT2D eigenvalue weighted by molar-refractivity contribution is 5.85. The van der Waals surface area contributed by atoms with Gasteiger partial charge in [-0.25, -0.2) is 8.78 Å². The van der Waals surface area contributed by atoms with Crippen LogP contribution in [0.3, 0.4) is 0 Å². The van der Waals surface area contributed by atoms with Crippen molar-refractivity contribution in [3.05, 3.63) is 36.0 Å². The quantitative estimate of drug-likeness (QED) is 0.742. The van der Waals surface area contributed by atoms with Gasteiger partial charge in [-0.15, -0.1) is 0 Å². The van der Waals surface area contributed by atoms with Crippen LogP contribution in [0.4, 0.5) is 8.78 Å². The van der Waals surface area contributed by atoms with Crippen molar-refractivity contribution in [2.75, 3.05) is 0 Å². The van der Waals surface area contributed by atoms with Crippen LogP contribution in [0.2, 0.25) is 0 Å². The van der Waals surface area contributed by atoms with E-state index in [0.29, 0.717) is 11.1 Å². The van der Waals surface area contributed by atoms with Gasteiger partial charge >= 0.3 is 0 Å². The Morgan fingerprint density at radius 2 is 2.13 bits per heavy atom. The van der Waals surface area contributed by atoms with Gasteiger partial charge < -0.3 is 4.57 Å². The van der Waals surface area contributed by atoms with Crippen molar-refractivity contribution in [1.82, 2.24) is 4.57 Å². The van der Waals surface area contributed by atoms with Crippen molar-refractivity contribution in [2.24, 2.45) is 0 Å². The average Bonchev–Trinajstić information content (AvgIpc) is 2.61. The molecule has 15 heavy (non-hydrogen) atoms. The second kappa shape index (κ2) is 3.70. The first-order valence-corrected chi connectivity index (χ1v) is 4.48.